The summed E-state index contributed by atoms with van der Waals surface area (Å²) in [5, 5.41) is 2.69. The Kier molecular flexibility index (Phi) is 7.14. The van der Waals surface area contributed by atoms with Crippen LogP contribution < -0.4 is 5.32 Å². The number of hydrogen-bond donors (Lipinski definition) is 1. The van der Waals surface area contributed by atoms with Crippen LogP contribution in [0.15, 0.2) is 54.6 Å². The maximum Gasteiger partial charge on any atom is 0.313 e. The number of rotatable bonds is 8. The summed E-state index contributed by atoms with van der Waals surface area (Å²) in [6, 6.07) is 15.5. The minimum atomic E-state index is -0.401. The quantitative estimate of drug-likeness (QED) is 0.749. The highest BCUT2D eigenvalue weighted by Crippen LogP contribution is 2.20. The van der Waals surface area contributed by atoms with E-state index in [4.69, 9.17) is 4.74 Å². The van der Waals surface area contributed by atoms with E-state index in [-0.39, 0.29) is 24.2 Å². The van der Waals surface area contributed by atoms with E-state index in [1.807, 2.05) is 37.3 Å². The number of amides is 1. The second-order valence-corrected chi connectivity index (χ2v) is 5.71. The van der Waals surface area contributed by atoms with Crippen LogP contribution in [0.4, 0.5) is 4.39 Å². The van der Waals surface area contributed by atoms with Gasteiger partial charge in [-0.3, -0.25) is 9.59 Å². The minimum absolute atomic E-state index is 0.288. The SMILES string of the molecule is CC[C@@H](C(=O)OCC(=O)NCCc1ccc(F)cc1)c1ccccc1. The molecule has 0 aliphatic rings. The standard InChI is InChI=1S/C20H22FNO3/c1-2-18(16-6-4-3-5-7-16)20(24)25-14-19(23)22-13-12-15-8-10-17(21)11-9-15/h3-11,18H,2,12-14H2,1H3,(H,22,23)/t18-/m1/s1. The zero-order chi connectivity index (χ0) is 18.1. The monoisotopic (exact) mass is 343 g/mol. The van der Waals surface area contributed by atoms with Crippen LogP contribution in [0.1, 0.15) is 30.4 Å². The zero-order valence-electron chi connectivity index (χ0n) is 14.2. The molecule has 0 spiro atoms. The van der Waals surface area contributed by atoms with Gasteiger partial charge in [0.1, 0.15) is 5.82 Å². The topological polar surface area (TPSA) is 55.4 Å². The molecule has 5 heteroatoms. The highest BCUT2D eigenvalue weighted by Gasteiger charge is 2.20. The molecule has 2 rings (SSSR count). The summed E-state index contributed by atoms with van der Waals surface area (Å²) in [4.78, 5) is 24.0. The molecule has 0 saturated heterocycles. The van der Waals surface area contributed by atoms with E-state index >= 15 is 0 Å². The van der Waals surface area contributed by atoms with Gasteiger partial charge in [0.25, 0.3) is 5.91 Å². The van der Waals surface area contributed by atoms with Crippen LogP contribution in [0, 0.1) is 5.82 Å². The molecule has 2 aromatic carbocycles. The maximum atomic E-state index is 12.8. The zero-order valence-corrected chi connectivity index (χ0v) is 14.2. The van der Waals surface area contributed by atoms with E-state index in [0.29, 0.717) is 19.4 Å². The maximum absolute atomic E-state index is 12.8. The molecular formula is C20H22FNO3. The van der Waals surface area contributed by atoms with Crippen LogP contribution in [0.2, 0.25) is 0 Å². The van der Waals surface area contributed by atoms with Crippen molar-refractivity contribution in [3.05, 3.63) is 71.5 Å². The van der Waals surface area contributed by atoms with E-state index in [0.717, 1.165) is 11.1 Å². The van der Waals surface area contributed by atoms with Crippen LogP contribution in [0.5, 0.6) is 0 Å². The van der Waals surface area contributed by atoms with Gasteiger partial charge in [-0.25, -0.2) is 4.39 Å². The third-order valence-electron chi connectivity index (χ3n) is 3.89. The van der Waals surface area contributed by atoms with Crippen LogP contribution >= 0.6 is 0 Å². The number of hydrogen-bond acceptors (Lipinski definition) is 3. The number of esters is 1. The molecular weight excluding hydrogens is 321 g/mol. The Balaban J connectivity index is 1.73. The lowest BCUT2D eigenvalue weighted by molar-refractivity contribution is -0.150. The highest BCUT2D eigenvalue weighted by atomic mass is 19.1. The number of nitrogens with one attached hydrogen (secondary N) is 1. The Morgan fingerprint density at radius 3 is 2.40 bits per heavy atom. The molecule has 25 heavy (non-hydrogen) atoms. The van der Waals surface area contributed by atoms with Gasteiger partial charge >= 0.3 is 5.97 Å². The van der Waals surface area contributed by atoms with Crippen LogP contribution in [-0.2, 0) is 20.7 Å². The first kappa shape index (κ1) is 18.6. The number of ether oxygens (including phenoxy) is 1. The lowest BCUT2D eigenvalue weighted by atomic mass is 9.97. The predicted octanol–water partition coefficient (Wildman–Crippen LogP) is 3.22. The molecule has 0 bridgehead atoms. The largest absolute Gasteiger partial charge is 0.455 e. The molecule has 0 fully saturated rings. The predicted molar refractivity (Wildman–Crippen MR) is 93.5 cm³/mol. The van der Waals surface area contributed by atoms with Gasteiger partial charge < -0.3 is 10.1 Å². The van der Waals surface area contributed by atoms with Crippen LogP contribution in [0.25, 0.3) is 0 Å². The van der Waals surface area contributed by atoms with Crippen LogP contribution in [0.3, 0.4) is 0 Å². The number of benzene rings is 2. The molecule has 0 aromatic heterocycles. The van der Waals surface area contributed by atoms with Crippen molar-refractivity contribution >= 4 is 11.9 Å². The molecule has 0 aliphatic carbocycles. The molecule has 2 aromatic rings. The molecule has 0 aliphatic heterocycles. The molecule has 0 heterocycles. The van der Waals surface area contributed by atoms with Crippen molar-refractivity contribution in [2.24, 2.45) is 0 Å². The smallest absolute Gasteiger partial charge is 0.313 e. The van der Waals surface area contributed by atoms with Gasteiger partial charge in [-0.1, -0.05) is 49.4 Å². The van der Waals surface area contributed by atoms with Gasteiger partial charge in [-0.05, 0) is 36.1 Å². The fourth-order valence-corrected chi connectivity index (χ4v) is 2.51. The lowest BCUT2D eigenvalue weighted by Crippen LogP contribution is -2.31. The van der Waals surface area contributed by atoms with E-state index < -0.39 is 5.97 Å². The van der Waals surface area contributed by atoms with E-state index in [2.05, 4.69) is 5.32 Å². The van der Waals surface area contributed by atoms with Gasteiger partial charge in [0, 0.05) is 6.54 Å². The van der Waals surface area contributed by atoms with Crippen molar-refractivity contribution in [1.29, 1.82) is 0 Å². The Morgan fingerprint density at radius 1 is 1.08 bits per heavy atom. The van der Waals surface area contributed by atoms with Crippen molar-refractivity contribution in [3.63, 3.8) is 0 Å². The van der Waals surface area contributed by atoms with Gasteiger partial charge in [0.15, 0.2) is 6.61 Å². The first-order chi connectivity index (χ1) is 12.1. The average molecular weight is 343 g/mol. The Labute approximate surface area is 147 Å². The summed E-state index contributed by atoms with van der Waals surface area (Å²) in [6.07, 6.45) is 1.19. The molecule has 1 N–H and O–H groups in total. The molecule has 0 unspecified atom stereocenters. The highest BCUT2D eigenvalue weighted by molar-refractivity contribution is 5.83. The van der Waals surface area contributed by atoms with Crippen molar-refractivity contribution in [3.8, 4) is 0 Å². The Hall–Kier alpha value is -2.69. The second kappa shape index (κ2) is 9.57. The molecule has 0 saturated carbocycles. The first-order valence-corrected chi connectivity index (χ1v) is 8.33. The summed E-state index contributed by atoms with van der Waals surface area (Å²) in [5.41, 5.74) is 1.81. The van der Waals surface area contributed by atoms with Gasteiger partial charge in [-0.15, -0.1) is 0 Å². The van der Waals surface area contributed by atoms with E-state index in [1.54, 1.807) is 12.1 Å². The number of carbonyl (C=O) groups excluding carboxylic acids is 2. The Bertz CT molecular complexity index is 686. The van der Waals surface area contributed by atoms with Gasteiger partial charge in [0.05, 0.1) is 5.92 Å². The summed E-state index contributed by atoms with van der Waals surface area (Å²) < 4.78 is 17.9. The number of halogens is 1. The second-order valence-electron chi connectivity index (χ2n) is 5.71. The van der Waals surface area contributed by atoms with E-state index in [1.165, 1.54) is 12.1 Å². The summed E-state index contributed by atoms with van der Waals surface area (Å²) in [5.74, 6) is -1.41. The van der Waals surface area contributed by atoms with Crippen LogP contribution in [-0.4, -0.2) is 25.0 Å². The summed E-state index contributed by atoms with van der Waals surface area (Å²) in [6.45, 7) is 2.01. The minimum Gasteiger partial charge on any atom is -0.455 e. The molecule has 4 nitrogen and oxygen atoms in total. The normalized spacial score (nSPS) is 11.6. The molecule has 0 radical (unpaired) electrons. The van der Waals surface area contributed by atoms with Crippen molar-refractivity contribution < 1.29 is 18.7 Å². The summed E-state index contributed by atoms with van der Waals surface area (Å²) in [7, 11) is 0. The Morgan fingerprint density at radius 2 is 1.76 bits per heavy atom. The van der Waals surface area contributed by atoms with E-state index in [9.17, 15) is 14.0 Å². The summed E-state index contributed by atoms with van der Waals surface area (Å²) >= 11 is 0. The van der Waals surface area contributed by atoms with Crippen molar-refractivity contribution in [1.82, 2.24) is 5.32 Å². The molecule has 132 valence electrons. The fourth-order valence-electron chi connectivity index (χ4n) is 2.51. The van der Waals surface area contributed by atoms with Crippen molar-refractivity contribution in [2.45, 2.75) is 25.7 Å². The number of carbonyl (C=O) groups is 2. The molecule has 1 atom stereocenters. The van der Waals surface area contributed by atoms with Gasteiger partial charge in [-0.2, -0.15) is 0 Å². The van der Waals surface area contributed by atoms with Gasteiger partial charge in [0.2, 0.25) is 0 Å². The van der Waals surface area contributed by atoms with Crippen molar-refractivity contribution in [2.75, 3.05) is 13.2 Å². The fraction of sp³-hybridized carbons (Fsp3) is 0.300. The first-order valence-electron chi connectivity index (χ1n) is 8.33. The third kappa shape index (κ3) is 6.03. The average Bonchev–Trinajstić information content (AvgIpc) is 2.63. The molecule has 1 amide bonds. The third-order valence-corrected chi connectivity index (χ3v) is 3.89. The lowest BCUT2D eigenvalue weighted by Gasteiger charge is -2.14.